The van der Waals surface area contributed by atoms with E-state index in [0.717, 1.165) is 37.4 Å². The van der Waals surface area contributed by atoms with E-state index in [1.165, 1.54) is 6.42 Å². The van der Waals surface area contributed by atoms with E-state index in [0.29, 0.717) is 35.8 Å². The molecule has 27 heavy (non-hydrogen) atoms. The van der Waals surface area contributed by atoms with Gasteiger partial charge in [0.1, 0.15) is 11.4 Å². The third-order valence-electron chi connectivity index (χ3n) is 6.05. The average molecular weight is 373 g/mol. The van der Waals surface area contributed by atoms with Crippen LogP contribution in [0.15, 0.2) is 9.15 Å². The van der Waals surface area contributed by atoms with E-state index < -0.39 is 0 Å². The van der Waals surface area contributed by atoms with Gasteiger partial charge in [0.25, 0.3) is 0 Å². The highest BCUT2D eigenvalue weighted by molar-refractivity contribution is 5.78. The second-order valence-corrected chi connectivity index (χ2v) is 8.72. The lowest BCUT2D eigenvalue weighted by atomic mass is 9.90. The maximum Gasteiger partial charge on any atom is 0.229 e. The van der Waals surface area contributed by atoms with Gasteiger partial charge in [0.05, 0.1) is 6.42 Å². The molecular formula is C19H27N5O3. The molecule has 0 aromatic carbocycles. The quantitative estimate of drug-likeness (QED) is 0.812. The molecule has 1 amide bonds. The minimum absolute atomic E-state index is 0.0617. The van der Waals surface area contributed by atoms with Gasteiger partial charge in [-0.05, 0) is 44.4 Å². The fourth-order valence-corrected chi connectivity index (χ4v) is 4.28. The lowest BCUT2D eigenvalue weighted by Gasteiger charge is -2.30. The van der Waals surface area contributed by atoms with Crippen molar-refractivity contribution in [3.05, 3.63) is 23.1 Å². The predicted octanol–water partition coefficient (Wildman–Crippen LogP) is 3.00. The van der Waals surface area contributed by atoms with E-state index in [4.69, 9.17) is 9.51 Å². The summed E-state index contributed by atoms with van der Waals surface area (Å²) in [6.45, 7) is 7.79. The summed E-state index contributed by atoms with van der Waals surface area (Å²) in [5.41, 5.74) is 1.66. The molecule has 1 aliphatic heterocycles. The Kier molecular flexibility index (Phi) is 4.74. The highest BCUT2D eigenvalue weighted by atomic mass is 16.6. The molecule has 1 saturated heterocycles. The standard InChI is InChI=1S/C19H27N5O3/c1-12-15(22-27-21-12)10-16(25)24-8-5-13(6-9-24)18-20-17(23-26-18)14-4-7-19(2,3)11-14/h13-14H,4-11H2,1-3H3. The number of nitrogens with zero attached hydrogens (tertiary/aromatic N) is 5. The second-order valence-electron chi connectivity index (χ2n) is 8.72. The molecule has 1 aliphatic carbocycles. The van der Waals surface area contributed by atoms with Gasteiger partial charge in [-0.15, -0.1) is 0 Å². The van der Waals surface area contributed by atoms with Crippen LogP contribution in [0.5, 0.6) is 0 Å². The molecule has 146 valence electrons. The molecule has 0 bridgehead atoms. The second kappa shape index (κ2) is 7.05. The largest absolute Gasteiger partial charge is 0.342 e. The summed E-state index contributed by atoms with van der Waals surface area (Å²) in [5, 5.41) is 11.8. The van der Waals surface area contributed by atoms with Gasteiger partial charge in [0.15, 0.2) is 5.82 Å². The van der Waals surface area contributed by atoms with Gasteiger partial charge in [0, 0.05) is 24.9 Å². The summed E-state index contributed by atoms with van der Waals surface area (Å²) in [6.07, 6.45) is 5.40. The highest BCUT2D eigenvalue weighted by Crippen LogP contribution is 2.45. The normalized spacial score (nSPS) is 23.1. The number of rotatable bonds is 4. The van der Waals surface area contributed by atoms with Crippen LogP contribution in [0.25, 0.3) is 0 Å². The smallest absolute Gasteiger partial charge is 0.229 e. The number of carbonyl (C=O) groups is 1. The summed E-state index contributed by atoms with van der Waals surface area (Å²) in [4.78, 5) is 19.1. The van der Waals surface area contributed by atoms with Gasteiger partial charge in [-0.25, -0.2) is 4.63 Å². The van der Waals surface area contributed by atoms with Crippen LogP contribution in [0, 0.1) is 12.3 Å². The van der Waals surface area contributed by atoms with Crippen molar-refractivity contribution in [2.45, 2.75) is 71.1 Å². The Bertz CT molecular complexity index is 804. The topological polar surface area (TPSA) is 98.2 Å². The van der Waals surface area contributed by atoms with Crippen LogP contribution in [-0.4, -0.2) is 44.4 Å². The maximum absolute atomic E-state index is 12.5. The van der Waals surface area contributed by atoms with E-state index in [-0.39, 0.29) is 18.2 Å². The molecule has 0 radical (unpaired) electrons. The molecule has 0 N–H and O–H groups in total. The van der Waals surface area contributed by atoms with Crippen molar-refractivity contribution in [1.29, 1.82) is 0 Å². The molecule has 4 rings (SSSR count). The third kappa shape index (κ3) is 3.89. The van der Waals surface area contributed by atoms with Crippen molar-refractivity contribution < 1.29 is 13.9 Å². The number of likely N-dealkylation sites (tertiary alicyclic amines) is 1. The van der Waals surface area contributed by atoms with E-state index in [9.17, 15) is 4.79 Å². The average Bonchev–Trinajstić information content (AvgIpc) is 3.36. The molecule has 2 aromatic heterocycles. The molecule has 8 heteroatoms. The first-order valence-electron chi connectivity index (χ1n) is 9.80. The van der Waals surface area contributed by atoms with E-state index >= 15 is 0 Å². The Morgan fingerprint density at radius 2 is 1.93 bits per heavy atom. The third-order valence-corrected chi connectivity index (χ3v) is 6.05. The molecule has 2 fully saturated rings. The van der Waals surface area contributed by atoms with Gasteiger partial charge in [-0.3, -0.25) is 4.79 Å². The molecule has 2 aromatic rings. The lowest BCUT2D eigenvalue weighted by Crippen LogP contribution is -2.39. The van der Waals surface area contributed by atoms with Crippen LogP contribution in [0.2, 0.25) is 0 Å². The zero-order chi connectivity index (χ0) is 19.0. The van der Waals surface area contributed by atoms with Crippen molar-refractivity contribution in [3.63, 3.8) is 0 Å². The first-order chi connectivity index (χ1) is 12.9. The first kappa shape index (κ1) is 18.1. The van der Waals surface area contributed by atoms with Gasteiger partial charge in [-0.2, -0.15) is 4.98 Å². The van der Waals surface area contributed by atoms with E-state index in [1.807, 2.05) is 4.90 Å². The van der Waals surface area contributed by atoms with Crippen molar-refractivity contribution in [1.82, 2.24) is 25.4 Å². The fourth-order valence-electron chi connectivity index (χ4n) is 4.28. The molecule has 0 spiro atoms. The van der Waals surface area contributed by atoms with Crippen LogP contribution in [0.3, 0.4) is 0 Å². The van der Waals surface area contributed by atoms with Crippen molar-refractivity contribution in [2.24, 2.45) is 5.41 Å². The van der Waals surface area contributed by atoms with Gasteiger partial charge in [-0.1, -0.05) is 29.3 Å². The summed E-state index contributed by atoms with van der Waals surface area (Å²) < 4.78 is 10.3. The molecular weight excluding hydrogens is 346 g/mol. The SMILES string of the molecule is Cc1nonc1CC(=O)N1CCC(c2nc(C3CCC(C)(C)C3)no2)CC1. The monoisotopic (exact) mass is 373 g/mol. The first-order valence-corrected chi connectivity index (χ1v) is 9.80. The van der Waals surface area contributed by atoms with Gasteiger partial charge >= 0.3 is 0 Å². The zero-order valence-electron chi connectivity index (χ0n) is 16.3. The summed E-state index contributed by atoms with van der Waals surface area (Å²) >= 11 is 0. The summed E-state index contributed by atoms with van der Waals surface area (Å²) in [5.74, 6) is 2.31. The Balaban J connectivity index is 1.32. The highest BCUT2D eigenvalue weighted by Gasteiger charge is 2.35. The Morgan fingerprint density at radius 3 is 2.56 bits per heavy atom. The molecule has 1 atom stereocenters. The minimum Gasteiger partial charge on any atom is -0.342 e. The number of carbonyl (C=O) groups excluding carboxylic acids is 1. The van der Waals surface area contributed by atoms with Crippen LogP contribution in [-0.2, 0) is 11.2 Å². The summed E-state index contributed by atoms with van der Waals surface area (Å²) in [7, 11) is 0. The van der Waals surface area contributed by atoms with Crippen molar-refractivity contribution in [3.8, 4) is 0 Å². The van der Waals surface area contributed by atoms with Crippen molar-refractivity contribution in [2.75, 3.05) is 13.1 Å². The number of amides is 1. The Labute approximate surface area is 158 Å². The summed E-state index contributed by atoms with van der Waals surface area (Å²) in [6, 6.07) is 0. The number of aryl methyl sites for hydroxylation is 1. The minimum atomic E-state index is 0.0617. The van der Waals surface area contributed by atoms with Crippen LogP contribution < -0.4 is 0 Å². The van der Waals surface area contributed by atoms with Crippen LogP contribution in [0.4, 0.5) is 0 Å². The number of hydrogen-bond donors (Lipinski definition) is 0. The van der Waals surface area contributed by atoms with Crippen LogP contribution in [0.1, 0.15) is 80.9 Å². The molecule has 8 nitrogen and oxygen atoms in total. The van der Waals surface area contributed by atoms with E-state index in [2.05, 4.69) is 33.9 Å². The maximum atomic E-state index is 12.5. The molecule has 2 aliphatic rings. The fraction of sp³-hybridized carbons (Fsp3) is 0.737. The molecule has 1 saturated carbocycles. The lowest BCUT2D eigenvalue weighted by molar-refractivity contribution is -0.131. The number of aromatic nitrogens is 4. The van der Waals surface area contributed by atoms with Crippen molar-refractivity contribution >= 4 is 5.91 Å². The van der Waals surface area contributed by atoms with Gasteiger partial charge < -0.3 is 9.42 Å². The molecule has 3 heterocycles. The van der Waals surface area contributed by atoms with E-state index in [1.54, 1.807) is 6.92 Å². The van der Waals surface area contributed by atoms with Gasteiger partial charge in [0.2, 0.25) is 11.8 Å². The number of piperidine rings is 1. The Morgan fingerprint density at radius 1 is 1.15 bits per heavy atom. The van der Waals surface area contributed by atoms with Crippen LogP contribution >= 0.6 is 0 Å². The zero-order valence-corrected chi connectivity index (χ0v) is 16.3. The predicted molar refractivity (Wildman–Crippen MR) is 96.0 cm³/mol. The number of hydrogen-bond acceptors (Lipinski definition) is 7. The Hall–Kier alpha value is -2.25. The molecule has 1 unspecified atom stereocenters.